The van der Waals surface area contributed by atoms with E-state index in [2.05, 4.69) is 15.9 Å². The Balaban J connectivity index is 2.40. The van der Waals surface area contributed by atoms with E-state index in [1.165, 1.54) is 12.1 Å². The molecule has 3 rings (SSSR count). The number of aromatic nitrogens is 1. The molecule has 4 nitrogen and oxygen atoms in total. The molecule has 0 amide bonds. The Morgan fingerprint density at radius 1 is 0.955 bits per heavy atom. The molecule has 0 radical (unpaired) electrons. The van der Waals surface area contributed by atoms with Gasteiger partial charge in [0.1, 0.15) is 0 Å². The molecule has 0 saturated heterocycles. The molecule has 6 heteroatoms. The molecule has 0 unspecified atom stereocenters. The van der Waals surface area contributed by atoms with Gasteiger partial charge in [-0.3, -0.25) is 4.79 Å². The molecule has 0 bridgehead atoms. The van der Waals surface area contributed by atoms with E-state index in [0.717, 1.165) is 9.36 Å². The molecule has 112 valence electrons. The van der Waals surface area contributed by atoms with Crippen molar-refractivity contribution in [2.24, 2.45) is 0 Å². The molecular formula is C16H12BrNO3S. The molecule has 0 aliphatic heterocycles. The Morgan fingerprint density at radius 3 is 2.27 bits per heavy atom. The summed E-state index contributed by atoms with van der Waals surface area (Å²) in [5, 5.41) is 1.37. The molecular weight excluding hydrogens is 366 g/mol. The van der Waals surface area contributed by atoms with Crippen LogP contribution >= 0.6 is 15.9 Å². The number of nitrogens with zero attached hydrogens (tertiary/aromatic N) is 1. The highest BCUT2D eigenvalue weighted by molar-refractivity contribution is 9.08. The lowest BCUT2D eigenvalue weighted by Crippen LogP contribution is -2.30. The fourth-order valence-electron chi connectivity index (χ4n) is 2.35. The summed E-state index contributed by atoms with van der Waals surface area (Å²) in [4.78, 5) is 12.8. The van der Waals surface area contributed by atoms with Gasteiger partial charge < -0.3 is 0 Å². The molecule has 0 fully saturated rings. The molecule has 22 heavy (non-hydrogen) atoms. The van der Waals surface area contributed by atoms with E-state index in [0.29, 0.717) is 11.1 Å². The van der Waals surface area contributed by atoms with Crippen molar-refractivity contribution < 1.29 is 8.42 Å². The van der Waals surface area contributed by atoms with Crippen LogP contribution < -0.4 is 5.56 Å². The first-order valence-corrected chi connectivity index (χ1v) is 9.12. The van der Waals surface area contributed by atoms with Crippen molar-refractivity contribution in [3.63, 3.8) is 0 Å². The lowest BCUT2D eigenvalue weighted by Gasteiger charge is -2.13. The second-order valence-corrected chi connectivity index (χ2v) is 7.09. The molecule has 1 heterocycles. The minimum atomic E-state index is -3.93. The third-order valence-corrected chi connectivity index (χ3v) is 5.70. The van der Waals surface area contributed by atoms with Crippen molar-refractivity contribution in [2.45, 2.75) is 10.2 Å². The van der Waals surface area contributed by atoms with Gasteiger partial charge in [0.2, 0.25) is 0 Å². The highest BCUT2D eigenvalue weighted by Crippen LogP contribution is 2.19. The van der Waals surface area contributed by atoms with Crippen molar-refractivity contribution >= 4 is 36.7 Å². The third-order valence-electron chi connectivity index (χ3n) is 3.38. The molecule has 0 aliphatic rings. The second-order valence-electron chi connectivity index (χ2n) is 4.74. The van der Waals surface area contributed by atoms with Gasteiger partial charge in [-0.1, -0.05) is 52.3 Å². The maximum atomic E-state index is 12.8. The van der Waals surface area contributed by atoms with Gasteiger partial charge in [-0.25, -0.2) is 12.4 Å². The van der Waals surface area contributed by atoms with Crippen LogP contribution in [0.2, 0.25) is 0 Å². The first-order valence-electron chi connectivity index (χ1n) is 6.56. The molecule has 0 aliphatic carbocycles. The Bertz CT molecular complexity index is 995. The van der Waals surface area contributed by atoms with E-state index in [4.69, 9.17) is 0 Å². The predicted molar refractivity (Wildman–Crippen MR) is 89.9 cm³/mol. The minimum absolute atomic E-state index is 0.0922. The molecule has 0 saturated carbocycles. The third kappa shape index (κ3) is 2.38. The van der Waals surface area contributed by atoms with E-state index < -0.39 is 15.6 Å². The van der Waals surface area contributed by atoms with Crippen LogP contribution in [0.1, 0.15) is 5.69 Å². The lowest BCUT2D eigenvalue weighted by atomic mass is 10.1. The van der Waals surface area contributed by atoms with Gasteiger partial charge in [0, 0.05) is 16.4 Å². The van der Waals surface area contributed by atoms with Gasteiger partial charge in [-0.2, -0.15) is 0 Å². The lowest BCUT2D eigenvalue weighted by molar-refractivity contribution is 0.584. The summed E-state index contributed by atoms with van der Waals surface area (Å²) in [6.45, 7) is 0. The van der Waals surface area contributed by atoms with E-state index in [9.17, 15) is 13.2 Å². The standard InChI is InChI=1S/C16H12BrNO3S/c17-11-13-10-12-6-4-5-9-15(12)16(19)18(13)22(20,21)14-7-2-1-3-8-14/h1-10H,11H2. The number of alkyl halides is 1. The zero-order valence-electron chi connectivity index (χ0n) is 11.4. The highest BCUT2D eigenvalue weighted by atomic mass is 79.9. The summed E-state index contributed by atoms with van der Waals surface area (Å²) in [7, 11) is -3.93. The molecule has 0 N–H and O–H groups in total. The zero-order valence-corrected chi connectivity index (χ0v) is 13.8. The van der Waals surface area contributed by atoms with E-state index in [1.807, 2.05) is 6.07 Å². The monoisotopic (exact) mass is 377 g/mol. The van der Waals surface area contributed by atoms with Crippen molar-refractivity contribution in [1.29, 1.82) is 0 Å². The van der Waals surface area contributed by atoms with E-state index in [1.54, 1.807) is 42.5 Å². The van der Waals surface area contributed by atoms with Crippen molar-refractivity contribution in [1.82, 2.24) is 3.97 Å². The van der Waals surface area contributed by atoms with Gasteiger partial charge in [-0.05, 0) is 29.7 Å². The van der Waals surface area contributed by atoms with Gasteiger partial charge in [0.05, 0.1) is 4.90 Å². The summed E-state index contributed by atoms with van der Waals surface area (Å²) < 4.78 is 26.5. The number of hydrogen-bond acceptors (Lipinski definition) is 3. The average Bonchev–Trinajstić information content (AvgIpc) is 2.55. The van der Waals surface area contributed by atoms with Crippen LogP contribution in [0.25, 0.3) is 10.8 Å². The molecule has 2 aromatic carbocycles. The van der Waals surface area contributed by atoms with E-state index >= 15 is 0 Å². The van der Waals surface area contributed by atoms with Crippen LogP contribution in [-0.4, -0.2) is 12.4 Å². The first-order chi connectivity index (χ1) is 10.6. The van der Waals surface area contributed by atoms with Crippen LogP contribution in [0.4, 0.5) is 0 Å². The largest absolute Gasteiger partial charge is 0.272 e. The number of rotatable bonds is 3. The predicted octanol–water partition coefficient (Wildman–Crippen LogP) is 3.13. The Hall–Kier alpha value is -1.92. The Kier molecular flexibility index (Phi) is 3.88. The number of pyridine rings is 1. The quantitative estimate of drug-likeness (QED) is 0.658. The summed E-state index contributed by atoms with van der Waals surface area (Å²) >= 11 is 3.27. The molecule has 1 aromatic heterocycles. The zero-order chi connectivity index (χ0) is 15.7. The van der Waals surface area contributed by atoms with Gasteiger partial charge in [0.15, 0.2) is 0 Å². The van der Waals surface area contributed by atoms with Gasteiger partial charge in [-0.15, -0.1) is 0 Å². The molecule has 3 aromatic rings. The van der Waals surface area contributed by atoms with Crippen LogP contribution in [0.3, 0.4) is 0 Å². The normalized spacial score (nSPS) is 11.7. The smallest absolute Gasteiger partial charge is 0.268 e. The van der Waals surface area contributed by atoms with Crippen molar-refractivity contribution in [2.75, 3.05) is 0 Å². The average molecular weight is 378 g/mol. The summed E-state index contributed by atoms with van der Waals surface area (Å²) in [5.41, 5.74) is -0.135. The summed E-state index contributed by atoms with van der Waals surface area (Å²) in [6, 6.07) is 16.6. The Labute approximate surface area is 136 Å². The van der Waals surface area contributed by atoms with Crippen LogP contribution in [0.15, 0.2) is 70.4 Å². The second kappa shape index (κ2) is 5.70. The number of benzene rings is 2. The fourth-order valence-corrected chi connectivity index (χ4v) is 4.38. The molecule has 0 spiro atoms. The maximum Gasteiger partial charge on any atom is 0.272 e. The van der Waals surface area contributed by atoms with Crippen molar-refractivity contribution in [3.8, 4) is 0 Å². The maximum absolute atomic E-state index is 12.8. The summed E-state index contributed by atoms with van der Waals surface area (Å²) in [6.07, 6.45) is 0. The minimum Gasteiger partial charge on any atom is -0.268 e. The number of fused-ring (bicyclic) bond motifs is 1. The first kappa shape index (κ1) is 15.0. The SMILES string of the molecule is O=c1c2ccccc2cc(CBr)n1S(=O)(=O)c1ccccc1. The fraction of sp³-hybridized carbons (Fsp3) is 0.0625. The number of hydrogen-bond donors (Lipinski definition) is 0. The molecule has 0 atom stereocenters. The van der Waals surface area contributed by atoms with Crippen LogP contribution in [0, 0.1) is 0 Å². The van der Waals surface area contributed by atoms with Gasteiger partial charge >= 0.3 is 0 Å². The number of halogens is 1. The van der Waals surface area contributed by atoms with E-state index in [-0.39, 0.29) is 10.2 Å². The summed E-state index contributed by atoms with van der Waals surface area (Å²) in [5.74, 6) is 0. The van der Waals surface area contributed by atoms with Crippen molar-refractivity contribution in [3.05, 3.63) is 76.7 Å². The van der Waals surface area contributed by atoms with Crippen LogP contribution in [-0.2, 0) is 15.4 Å². The van der Waals surface area contributed by atoms with Crippen LogP contribution in [0.5, 0.6) is 0 Å². The Morgan fingerprint density at radius 2 is 1.59 bits per heavy atom. The topological polar surface area (TPSA) is 56.1 Å². The highest BCUT2D eigenvalue weighted by Gasteiger charge is 2.22. The van der Waals surface area contributed by atoms with Gasteiger partial charge in [0.25, 0.3) is 15.6 Å².